The third kappa shape index (κ3) is 3.88. The maximum atomic E-state index is 12.9. The number of nitrogens with one attached hydrogen (secondary N) is 1. The Morgan fingerprint density at radius 2 is 1.77 bits per heavy atom. The molecule has 0 unspecified atom stereocenters. The molecule has 2 aromatic rings. The lowest BCUT2D eigenvalue weighted by Crippen LogP contribution is -2.49. The van der Waals surface area contributed by atoms with Crippen molar-refractivity contribution >= 4 is 29.3 Å². The van der Waals surface area contributed by atoms with Crippen LogP contribution in [0.2, 0.25) is 0 Å². The first-order chi connectivity index (χ1) is 14.7. The van der Waals surface area contributed by atoms with E-state index >= 15 is 0 Å². The summed E-state index contributed by atoms with van der Waals surface area (Å²) in [6.45, 7) is 11.2. The number of anilines is 1. The smallest absolute Gasteiger partial charge is 0.329 e. The Morgan fingerprint density at radius 1 is 1.06 bits per heavy atom. The monoisotopic (exact) mass is 415 g/mol. The summed E-state index contributed by atoms with van der Waals surface area (Å²) in [5, 5.41) is 2.73. The zero-order chi connectivity index (χ0) is 22.3. The molecule has 0 radical (unpaired) electrons. The van der Waals surface area contributed by atoms with Crippen molar-refractivity contribution in [1.29, 1.82) is 0 Å². The lowest BCUT2D eigenvalue weighted by Gasteiger charge is -2.46. The van der Waals surface area contributed by atoms with E-state index in [2.05, 4.69) is 63.0 Å². The molecule has 3 amide bonds. The predicted octanol–water partition coefficient (Wildman–Crippen LogP) is 5.19. The van der Waals surface area contributed by atoms with E-state index in [9.17, 15) is 9.59 Å². The quantitative estimate of drug-likeness (QED) is 0.552. The van der Waals surface area contributed by atoms with Crippen molar-refractivity contribution in [2.75, 3.05) is 4.90 Å². The van der Waals surface area contributed by atoms with Gasteiger partial charge >= 0.3 is 6.03 Å². The van der Waals surface area contributed by atoms with Gasteiger partial charge in [-0.1, -0.05) is 42.5 Å². The molecule has 0 bridgehead atoms. The van der Waals surface area contributed by atoms with Crippen molar-refractivity contribution in [2.45, 2.75) is 52.7 Å². The standard InChI is InChI=1S/C26H29N3O2/c1-17(2)29-23-12-11-20(13-21(23)18(3)15-26(29,4)5)14-22-24(30)28(25(31)27-22)16-19-9-7-6-8-10-19/h6-15,17H,16H2,1-5H3,(H,27,31)/b22-14-. The van der Waals surface area contributed by atoms with Gasteiger partial charge in [0, 0.05) is 17.3 Å². The molecule has 0 atom stereocenters. The zero-order valence-electron chi connectivity index (χ0n) is 18.8. The number of allylic oxidation sites excluding steroid dienone is 1. The van der Waals surface area contributed by atoms with Crippen molar-refractivity contribution in [3.8, 4) is 0 Å². The van der Waals surface area contributed by atoms with E-state index in [0.29, 0.717) is 11.7 Å². The number of rotatable bonds is 4. The van der Waals surface area contributed by atoms with Gasteiger partial charge in [0.25, 0.3) is 5.91 Å². The molecule has 0 saturated carbocycles. The van der Waals surface area contributed by atoms with Crippen LogP contribution in [0.1, 0.15) is 51.3 Å². The Kier molecular flexibility index (Phi) is 5.21. The second-order valence-electron chi connectivity index (χ2n) is 9.09. The first kappa shape index (κ1) is 20.9. The Balaban J connectivity index is 1.64. The van der Waals surface area contributed by atoms with Gasteiger partial charge in [-0.3, -0.25) is 9.69 Å². The number of amides is 3. The summed E-state index contributed by atoms with van der Waals surface area (Å²) < 4.78 is 0. The SMILES string of the molecule is CC1=CC(C)(C)N(C(C)C)c2ccc(/C=C3\NC(=O)N(Cc4ccccc4)C3=O)cc21. The summed E-state index contributed by atoms with van der Waals surface area (Å²) in [6, 6.07) is 15.7. The largest absolute Gasteiger partial charge is 0.360 e. The number of carbonyl (C=O) groups is 2. The van der Waals surface area contributed by atoms with E-state index in [0.717, 1.165) is 16.7 Å². The van der Waals surface area contributed by atoms with E-state index in [-0.39, 0.29) is 24.0 Å². The molecule has 2 aliphatic rings. The van der Waals surface area contributed by atoms with Crippen molar-refractivity contribution < 1.29 is 9.59 Å². The molecule has 4 rings (SSSR count). The molecule has 0 aliphatic carbocycles. The van der Waals surface area contributed by atoms with E-state index in [1.807, 2.05) is 36.4 Å². The third-order valence-corrected chi connectivity index (χ3v) is 5.87. The minimum absolute atomic E-state index is 0.0709. The van der Waals surface area contributed by atoms with Gasteiger partial charge in [0.2, 0.25) is 0 Å². The van der Waals surface area contributed by atoms with Crippen LogP contribution < -0.4 is 10.2 Å². The lowest BCUT2D eigenvalue weighted by atomic mass is 9.87. The van der Waals surface area contributed by atoms with Crippen LogP contribution in [-0.2, 0) is 11.3 Å². The number of urea groups is 1. The van der Waals surface area contributed by atoms with Gasteiger partial charge in [0.15, 0.2) is 0 Å². The van der Waals surface area contributed by atoms with Gasteiger partial charge in [0.1, 0.15) is 5.70 Å². The van der Waals surface area contributed by atoms with Crippen LogP contribution in [0.15, 0.2) is 60.3 Å². The molecule has 2 aliphatic heterocycles. The molecule has 5 heteroatoms. The number of imide groups is 1. The van der Waals surface area contributed by atoms with Gasteiger partial charge in [0.05, 0.1) is 12.1 Å². The topological polar surface area (TPSA) is 52.7 Å². The Morgan fingerprint density at radius 3 is 2.45 bits per heavy atom. The molecule has 1 saturated heterocycles. The average Bonchev–Trinajstić information content (AvgIpc) is 2.95. The third-order valence-electron chi connectivity index (χ3n) is 5.87. The molecule has 0 spiro atoms. The van der Waals surface area contributed by atoms with E-state index in [4.69, 9.17) is 0 Å². The molecule has 5 nitrogen and oxygen atoms in total. The highest BCUT2D eigenvalue weighted by Gasteiger charge is 2.35. The first-order valence-electron chi connectivity index (χ1n) is 10.7. The van der Waals surface area contributed by atoms with Crippen molar-refractivity contribution in [3.63, 3.8) is 0 Å². The van der Waals surface area contributed by atoms with Crippen molar-refractivity contribution in [3.05, 3.63) is 77.0 Å². The second-order valence-corrected chi connectivity index (χ2v) is 9.09. The summed E-state index contributed by atoms with van der Waals surface area (Å²) in [6.07, 6.45) is 4.05. The van der Waals surface area contributed by atoms with Crippen LogP contribution in [0.3, 0.4) is 0 Å². The van der Waals surface area contributed by atoms with Crippen molar-refractivity contribution in [1.82, 2.24) is 10.2 Å². The number of carbonyl (C=O) groups excluding carboxylic acids is 2. The van der Waals surface area contributed by atoms with Gasteiger partial charge in [-0.15, -0.1) is 0 Å². The summed E-state index contributed by atoms with van der Waals surface area (Å²) >= 11 is 0. The Bertz CT molecular complexity index is 1100. The number of hydrogen-bond donors (Lipinski definition) is 1. The fraction of sp³-hybridized carbons (Fsp3) is 0.308. The molecule has 160 valence electrons. The zero-order valence-corrected chi connectivity index (χ0v) is 18.8. The molecule has 0 aromatic heterocycles. The molecule has 2 heterocycles. The predicted molar refractivity (Wildman–Crippen MR) is 125 cm³/mol. The highest BCUT2D eigenvalue weighted by atomic mass is 16.2. The fourth-order valence-electron chi connectivity index (χ4n) is 4.75. The second kappa shape index (κ2) is 7.73. The van der Waals surface area contributed by atoms with Crippen LogP contribution in [0.4, 0.5) is 10.5 Å². The maximum absolute atomic E-state index is 12.9. The highest BCUT2D eigenvalue weighted by Crippen LogP contribution is 2.40. The minimum Gasteiger partial charge on any atom is -0.360 e. The molecular formula is C26H29N3O2. The Labute approximate surface area is 184 Å². The highest BCUT2D eigenvalue weighted by molar-refractivity contribution is 6.14. The fourth-order valence-corrected chi connectivity index (χ4v) is 4.75. The molecule has 1 N–H and O–H groups in total. The van der Waals surface area contributed by atoms with Crippen LogP contribution in [0.25, 0.3) is 11.6 Å². The van der Waals surface area contributed by atoms with E-state index in [1.165, 1.54) is 16.2 Å². The molecule has 1 fully saturated rings. The minimum atomic E-state index is -0.387. The molecule has 31 heavy (non-hydrogen) atoms. The van der Waals surface area contributed by atoms with E-state index in [1.54, 1.807) is 6.08 Å². The average molecular weight is 416 g/mol. The van der Waals surface area contributed by atoms with E-state index < -0.39 is 0 Å². The van der Waals surface area contributed by atoms with Crippen LogP contribution in [0, 0.1) is 0 Å². The summed E-state index contributed by atoms with van der Waals surface area (Å²) in [4.78, 5) is 28.9. The van der Waals surface area contributed by atoms with Crippen LogP contribution in [-0.4, -0.2) is 28.4 Å². The van der Waals surface area contributed by atoms with Gasteiger partial charge in [-0.2, -0.15) is 0 Å². The summed E-state index contributed by atoms with van der Waals surface area (Å²) in [5.41, 5.74) is 5.59. The maximum Gasteiger partial charge on any atom is 0.329 e. The summed E-state index contributed by atoms with van der Waals surface area (Å²) in [5.74, 6) is -0.302. The number of fused-ring (bicyclic) bond motifs is 1. The number of hydrogen-bond acceptors (Lipinski definition) is 3. The van der Waals surface area contributed by atoms with Gasteiger partial charge in [-0.05, 0) is 69.5 Å². The summed E-state index contributed by atoms with van der Waals surface area (Å²) in [7, 11) is 0. The van der Waals surface area contributed by atoms with Gasteiger partial charge in [-0.25, -0.2) is 4.79 Å². The molecule has 2 aromatic carbocycles. The van der Waals surface area contributed by atoms with Crippen LogP contribution >= 0.6 is 0 Å². The molecular weight excluding hydrogens is 386 g/mol. The number of benzene rings is 2. The van der Waals surface area contributed by atoms with Crippen LogP contribution in [0.5, 0.6) is 0 Å². The number of nitrogens with zero attached hydrogens (tertiary/aromatic N) is 2. The normalized spacial score (nSPS) is 19.0. The van der Waals surface area contributed by atoms with Crippen molar-refractivity contribution in [2.24, 2.45) is 0 Å². The lowest BCUT2D eigenvalue weighted by molar-refractivity contribution is -0.123. The van der Waals surface area contributed by atoms with Gasteiger partial charge < -0.3 is 10.2 Å². The Hall–Kier alpha value is -3.34. The first-order valence-corrected chi connectivity index (χ1v) is 10.7.